The molecule has 0 saturated heterocycles. The quantitative estimate of drug-likeness (QED) is 0.780. The van der Waals surface area contributed by atoms with Gasteiger partial charge in [0, 0.05) is 23.7 Å². The van der Waals surface area contributed by atoms with E-state index in [4.69, 9.17) is 0 Å². The second kappa shape index (κ2) is 7.23. The summed E-state index contributed by atoms with van der Waals surface area (Å²) in [6.07, 6.45) is -11.3. The minimum atomic E-state index is -5.94. The average Bonchev–Trinajstić information content (AvgIpc) is 2.49. The van der Waals surface area contributed by atoms with E-state index < -0.39 is 29.4 Å². The standard InChI is InChI=1S/C16H19F6NO2/c1-4-9-23(13(24)10(2)3)12-7-5-11(6-8-12)14(25,15(17,18)19)16(20,21)22/h5-8,10,25H,4,9H2,1-3H3. The third-order valence-electron chi connectivity index (χ3n) is 3.62. The summed E-state index contributed by atoms with van der Waals surface area (Å²) >= 11 is 0. The second-order valence-corrected chi connectivity index (χ2v) is 5.90. The summed E-state index contributed by atoms with van der Waals surface area (Å²) in [5.74, 6) is -0.704. The van der Waals surface area contributed by atoms with Crippen molar-refractivity contribution in [1.82, 2.24) is 0 Å². The first-order chi connectivity index (χ1) is 11.3. The van der Waals surface area contributed by atoms with Crippen LogP contribution in [0, 0.1) is 5.92 Å². The number of rotatable bonds is 5. The molecule has 3 nitrogen and oxygen atoms in total. The number of hydrogen-bond acceptors (Lipinski definition) is 2. The summed E-state index contributed by atoms with van der Waals surface area (Å²) in [6.45, 7) is 5.30. The smallest absolute Gasteiger partial charge is 0.369 e. The molecule has 0 aromatic heterocycles. The molecule has 0 fully saturated rings. The Morgan fingerprint density at radius 2 is 1.48 bits per heavy atom. The van der Waals surface area contributed by atoms with Crippen molar-refractivity contribution < 1.29 is 36.2 Å². The Balaban J connectivity index is 3.34. The lowest BCUT2D eigenvalue weighted by molar-refractivity contribution is -0.376. The number of hydrogen-bond donors (Lipinski definition) is 1. The van der Waals surface area contributed by atoms with Gasteiger partial charge in [-0.15, -0.1) is 0 Å². The lowest BCUT2D eigenvalue weighted by atomic mass is 9.92. The van der Waals surface area contributed by atoms with Gasteiger partial charge in [0.05, 0.1) is 0 Å². The van der Waals surface area contributed by atoms with E-state index in [2.05, 4.69) is 0 Å². The zero-order valence-electron chi connectivity index (χ0n) is 13.9. The summed E-state index contributed by atoms with van der Waals surface area (Å²) in [4.78, 5) is 13.4. The van der Waals surface area contributed by atoms with Crippen molar-refractivity contribution in [2.24, 2.45) is 5.92 Å². The maximum atomic E-state index is 12.9. The maximum absolute atomic E-state index is 12.9. The number of nitrogens with zero attached hydrogens (tertiary/aromatic N) is 1. The van der Waals surface area contributed by atoms with E-state index in [0.717, 1.165) is 12.1 Å². The summed E-state index contributed by atoms with van der Waals surface area (Å²) in [5.41, 5.74) is -6.17. The number of amides is 1. The van der Waals surface area contributed by atoms with Gasteiger partial charge in [0.2, 0.25) is 5.91 Å². The van der Waals surface area contributed by atoms with E-state index >= 15 is 0 Å². The lowest BCUT2D eigenvalue weighted by Crippen LogP contribution is -2.53. The van der Waals surface area contributed by atoms with Gasteiger partial charge in [-0.25, -0.2) is 0 Å². The monoisotopic (exact) mass is 371 g/mol. The van der Waals surface area contributed by atoms with Crippen LogP contribution in [0.4, 0.5) is 32.0 Å². The maximum Gasteiger partial charge on any atom is 0.430 e. The van der Waals surface area contributed by atoms with Gasteiger partial charge in [-0.2, -0.15) is 26.3 Å². The van der Waals surface area contributed by atoms with E-state index in [1.165, 1.54) is 4.90 Å². The summed E-state index contributed by atoms with van der Waals surface area (Å²) in [5, 5.41) is 9.36. The Kier molecular flexibility index (Phi) is 6.15. The van der Waals surface area contributed by atoms with Crippen molar-refractivity contribution in [1.29, 1.82) is 0 Å². The predicted octanol–water partition coefficient (Wildman–Crippen LogP) is 4.40. The van der Waals surface area contributed by atoms with Crippen molar-refractivity contribution >= 4 is 11.6 Å². The van der Waals surface area contributed by atoms with Crippen LogP contribution in [-0.4, -0.2) is 29.9 Å². The molecular weight excluding hydrogens is 352 g/mol. The lowest BCUT2D eigenvalue weighted by Gasteiger charge is -2.33. The fourth-order valence-electron chi connectivity index (χ4n) is 2.27. The minimum absolute atomic E-state index is 0.163. The molecular formula is C16H19F6NO2. The Labute approximate surface area is 141 Å². The average molecular weight is 371 g/mol. The fourth-order valence-corrected chi connectivity index (χ4v) is 2.27. The first-order valence-corrected chi connectivity index (χ1v) is 7.55. The molecule has 0 unspecified atom stereocenters. The van der Waals surface area contributed by atoms with E-state index in [-0.39, 0.29) is 18.1 Å². The number of anilines is 1. The number of alkyl halides is 6. The zero-order valence-corrected chi connectivity index (χ0v) is 13.9. The topological polar surface area (TPSA) is 40.5 Å². The molecule has 0 atom stereocenters. The molecule has 0 radical (unpaired) electrons. The molecule has 1 rings (SSSR count). The molecule has 0 heterocycles. The van der Waals surface area contributed by atoms with Crippen LogP contribution in [0.25, 0.3) is 0 Å². The number of carbonyl (C=O) groups is 1. The number of carbonyl (C=O) groups excluding carboxylic acids is 1. The fraction of sp³-hybridized carbons (Fsp3) is 0.562. The highest BCUT2D eigenvalue weighted by atomic mass is 19.4. The number of halogens is 6. The van der Waals surface area contributed by atoms with Crippen molar-refractivity contribution in [3.63, 3.8) is 0 Å². The molecule has 9 heteroatoms. The molecule has 1 aromatic carbocycles. The third-order valence-corrected chi connectivity index (χ3v) is 3.62. The van der Waals surface area contributed by atoms with Crippen LogP contribution in [0.2, 0.25) is 0 Å². The van der Waals surface area contributed by atoms with Crippen LogP contribution in [-0.2, 0) is 10.4 Å². The predicted molar refractivity (Wildman–Crippen MR) is 79.9 cm³/mol. The van der Waals surface area contributed by atoms with Crippen LogP contribution < -0.4 is 4.90 Å². The minimum Gasteiger partial charge on any atom is -0.369 e. The highest BCUT2D eigenvalue weighted by Crippen LogP contribution is 2.50. The number of aliphatic hydroxyl groups is 1. The SMILES string of the molecule is CCCN(C(=O)C(C)C)c1ccc(C(O)(C(F)(F)F)C(F)(F)F)cc1. The summed E-state index contributed by atoms with van der Waals surface area (Å²) in [7, 11) is 0. The highest BCUT2D eigenvalue weighted by molar-refractivity contribution is 5.94. The van der Waals surface area contributed by atoms with E-state index in [0.29, 0.717) is 18.6 Å². The van der Waals surface area contributed by atoms with Gasteiger partial charge in [-0.3, -0.25) is 4.79 Å². The first kappa shape index (κ1) is 21.3. The summed E-state index contributed by atoms with van der Waals surface area (Å²) < 4.78 is 77.2. The van der Waals surface area contributed by atoms with E-state index in [9.17, 15) is 36.2 Å². The van der Waals surface area contributed by atoms with Crippen molar-refractivity contribution in [2.45, 2.75) is 45.1 Å². The van der Waals surface area contributed by atoms with E-state index in [1.807, 2.05) is 0 Å². The molecule has 1 amide bonds. The van der Waals surface area contributed by atoms with Crippen LogP contribution in [0.5, 0.6) is 0 Å². The Morgan fingerprint density at radius 3 is 1.80 bits per heavy atom. The number of benzene rings is 1. The summed E-state index contributed by atoms with van der Waals surface area (Å²) in [6, 6.07) is 3.00. The van der Waals surface area contributed by atoms with Crippen LogP contribution in [0.15, 0.2) is 24.3 Å². The van der Waals surface area contributed by atoms with Crippen molar-refractivity contribution in [3.8, 4) is 0 Å². The first-order valence-electron chi connectivity index (χ1n) is 7.55. The van der Waals surface area contributed by atoms with Crippen molar-refractivity contribution in [2.75, 3.05) is 11.4 Å². The highest BCUT2D eigenvalue weighted by Gasteiger charge is 2.71. The molecule has 0 aliphatic carbocycles. The molecule has 1 N–H and O–H groups in total. The second-order valence-electron chi connectivity index (χ2n) is 5.90. The van der Waals surface area contributed by atoms with Crippen molar-refractivity contribution in [3.05, 3.63) is 29.8 Å². The molecule has 0 spiro atoms. The van der Waals surface area contributed by atoms with Gasteiger partial charge in [-0.1, -0.05) is 32.9 Å². The molecule has 0 saturated carbocycles. The molecule has 1 aromatic rings. The normalized spacial score (nSPS) is 13.2. The Hall–Kier alpha value is -1.77. The molecule has 0 aliphatic heterocycles. The molecule has 0 bridgehead atoms. The third kappa shape index (κ3) is 4.08. The van der Waals surface area contributed by atoms with Gasteiger partial charge in [-0.05, 0) is 18.6 Å². The Bertz CT molecular complexity index is 578. The van der Waals surface area contributed by atoms with Gasteiger partial charge in [0.25, 0.3) is 5.60 Å². The van der Waals surface area contributed by atoms with Crippen LogP contribution >= 0.6 is 0 Å². The largest absolute Gasteiger partial charge is 0.430 e. The van der Waals surface area contributed by atoms with Gasteiger partial charge < -0.3 is 10.0 Å². The van der Waals surface area contributed by atoms with E-state index in [1.54, 1.807) is 20.8 Å². The van der Waals surface area contributed by atoms with Gasteiger partial charge >= 0.3 is 12.4 Å². The zero-order chi connectivity index (χ0) is 19.6. The van der Waals surface area contributed by atoms with Crippen LogP contribution in [0.1, 0.15) is 32.8 Å². The molecule has 142 valence electrons. The molecule has 25 heavy (non-hydrogen) atoms. The van der Waals surface area contributed by atoms with Gasteiger partial charge in [0.1, 0.15) is 0 Å². The molecule has 0 aliphatic rings. The van der Waals surface area contributed by atoms with Gasteiger partial charge in [0.15, 0.2) is 0 Å². The Morgan fingerprint density at radius 1 is 1.04 bits per heavy atom. The van der Waals surface area contributed by atoms with Crippen LogP contribution in [0.3, 0.4) is 0 Å².